The molecule has 0 atom stereocenters. The molecule has 138 valence electrons. The third-order valence-electron chi connectivity index (χ3n) is 3.73. The van der Waals surface area contributed by atoms with Crippen molar-refractivity contribution in [1.82, 2.24) is 10.6 Å². The number of aryl methyl sites for hydroxylation is 1. The fourth-order valence-corrected chi connectivity index (χ4v) is 3.01. The molecule has 2 N–H and O–H groups in total. The van der Waals surface area contributed by atoms with E-state index in [4.69, 9.17) is 0 Å². The molecule has 2 aromatic rings. The molecule has 0 saturated heterocycles. The van der Waals surface area contributed by atoms with Gasteiger partial charge < -0.3 is 15.5 Å². The Bertz CT molecular complexity index is 609. The Morgan fingerprint density at radius 1 is 1.08 bits per heavy atom. The maximum atomic E-state index is 4.63. The van der Waals surface area contributed by atoms with Crippen molar-refractivity contribution in [1.29, 1.82) is 0 Å². The number of rotatable bonds is 8. The van der Waals surface area contributed by atoms with Crippen LogP contribution in [0.2, 0.25) is 0 Å². The third-order valence-corrected chi connectivity index (χ3v) is 4.46. The summed E-state index contributed by atoms with van der Waals surface area (Å²) >= 11 is 1.71. The van der Waals surface area contributed by atoms with Crippen molar-refractivity contribution < 1.29 is 0 Å². The minimum absolute atomic E-state index is 0. The number of nitrogens with zero attached hydrogens (tertiary/aromatic N) is 2. The van der Waals surface area contributed by atoms with E-state index in [1.54, 1.807) is 11.3 Å². The molecule has 0 aliphatic heterocycles. The summed E-state index contributed by atoms with van der Waals surface area (Å²) < 4.78 is 0. The zero-order valence-electron chi connectivity index (χ0n) is 15.3. The van der Waals surface area contributed by atoms with Crippen LogP contribution in [0.25, 0.3) is 0 Å². The van der Waals surface area contributed by atoms with E-state index in [9.17, 15) is 0 Å². The van der Waals surface area contributed by atoms with Crippen LogP contribution in [0, 0.1) is 0 Å². The molecule has 1 aromatic carbocycles. The molecule has 6 heteroatoms. The number of guanidine groups is 1. The summed E-state index contributed by atoms with van der Waals surface area (Å²) in [5.74, 6) is 0.895. The molecule has 1 aromatic heterocycles. The lowest BCUT2D eigenvalue weighted by Crippen LogP contribution is -2.37. The largest absolute Gasteiger partial charge is 0.378 e. The highest BCUT2D eigenvalue weighted by Crippen LogP contribution is 2.13. The Hall–Kier alpha value is -1.28. The van der Waals surface area contributed by atoms with Crippen LogP contribution in [0.3, 0.4) is 0 Å². The fraction of sp³-hybridized carbons (Fsp3) is 0.421. The van der Waals surface area contributed by atoms with Crippen LogP contribution in [0.1, 0.15) is 24.5 Å². The first-order chi connectivity index (χ1) is 11.7. The molecule has 0 unspecified atom stereocenters. The summed E-state index contributed by atoms with van der Waals surface area (Å²) in [7, 11) is 4.13. The highest BCUT2D eigenvalue weighted by Gasteiger charge is 1.99. The Kier molecular flexibility index (Phi) is 10.6. The molecule has 0 radical (unpaired) electrons. The SMILES string of the molecule is CCNC(=NCc1ccsc1)NCCCc1ccc(N(C)C)cc1.I. The Balaban J connectivity index is 0.00000312. The van der Waals surface area contributed by atoms with Crippen LogP contribution in [0.15, 0.2) is 46.1 Å². The van der Waals surface area contributed by atoms with Crippen molar-refractivity contribution in [2.24, 2.45) is 4.99 Å². The van der Waals surface area contributed by atoms with Gasteiger partial charge in [-0.05, 0) is 59.9 Å². The van der Waals surface area contributed by atoms with E-state index in [0.717, 1.165) is 38.4 Å². The van der Waals surface area contributed by atoms with Gasteiger partial charge in [-0.3, -0.25) is 0 Å². The third kappa shape index (κ3) is 8.09. The standard InChI is InChI=1S/C19H28N4S.HI/c1-4-20-19(22-14-17-11-13-24-15-17)21-12-5-6-16-7-9-18(10-8-16)23(2)3;/h7-11,13,15H,4-6,12,14H2,1-3H3,(H2,20,21,22);1H. The van der Waals surface area contributed by atoms with Crippen LogP contribution < -0.4 is 15.5 Å². The van der Waals surface area contributed by atoms with Gasteiger partial charge in [-0.15, -0.1) is 24.0 Å². The van der Waals surface area contributed by atoms with Crippen molar-refractivity contribution in [2.45, 2.75) is 26.3 Å². The van der Waals surface area contributed by atoms with Gasteiger partial charge in [0.05, 0.1) is 6.54 Å². The maximum absolute atomic E-state index is 4.63. The molecule has 1 heterocycles. The first-order valence-electron chi connectivity index (χ1n) is 8.48. The zero-order valence-corrected chi connectivity index (χ0v) is 18.4. The van der Waals surface area contributed by atoms with E-state index >= 15 is 0 Å². The quantitative estimate of drug-likeness (QED) is 0.263. The monoisotopic (exact) mass is 472 g/mol. The van der Waals surface area contributed by atoms with Gasteiger partial charge in [0.25, 0.3) is 0 Å². The maximum Gasteiger partial charge on any atom is 0.191 e. The van der Waals surface area contributed by atoms with Crippen molar-refractivity contribution in [3.05, 3.63) is 52.2 Å². The predicted octanol–water partition coefficient (Wildman–Crippen LogP) is 4.12. The molecule has 0 aliphatic rings. The lowest BCUT2D eigenvalue weighted by Gasteiger charge is -2.13. The summed E-state index contributed by atoms with van der Waals surface area (Å²) in [5, 5.41) is 11.0. The van der Waals surface area contributed by atoms with Gasteiger partial charge in [0.15, 0.2) is 5.96 Å². The fourth-order valence-electron chi connectivity index (χ4n) is 2.35. The lowest BCUT2D eigenvalue weighted by atomic mass is 10.1. The van der Waals surface area contributed by atoms with E-state index in [1.165, 1.54) is 16.8 Å². The number of aliphatic imine (C=N–C) groups is 1. The van der Waals surface area contributed by atoms with E-state index in [0.29, 0.717) is 0 Å². The minimum Gasteiger partial charge on any atom is -0.378 e. The molecule has 0 aliphatic carbocycles. The Morgan fingerprint density at radius 3 is 2.44 bits per heavy atom. The normalized spacial score (nSPS) is 10.9. The van der Waals surface area contributed by atoms with Crippen molar-refractivity contribution in [2.75, 3.05) is 32.1 Å². The summed E-state index contributed by atoms with van der Waals surface area (Å²) in [5.41, 5.74) is 3.88. The number of benzene rings is 1. The second-order valence-corrected chi connectivity index (χ2v) is 6.70. The number of thiophene rings is 1. The molecule has 25 heavy (non-hydrogen) atoms. The van der Waals surface area contributed by atoms with Gasteiger partial charge >= 0.3 is 0 Å². The average Bonchev–Trinajstić information content (AvgIpc) is 3.10. The van der Waals surface area contributed by atoms with Crippen LogP contribution in [-0.2, 0) is 13.0 Å². The van der Waals surface area contributed by atoms with E-state index in [-0.39, 0.29) is 24.0 Å². The summed E-state index contributed by atoms with van der Waals surface area (Å²) in [4.78, 5) is 6.75. The predicted molar refractivity (Wildman–Crippen MR) is 122 cm³/mol. The number of nitrogens with one attached hydrogen (secondary N) is 2. The first-order valence-corrected chi connectivity index (χ1v) is 9.43. The molecule has 0 spiro atoms. The first kappa shape index (κ1) is 21.8. The lowest BCUT2D eigenvalue weighted by molar-refractivity contribution is 0.744. The van der Waals surface area contributed by atoms with Gasteiger partial charge in [0, 0.05) is 32.9 Å². The summed E-state index contributed by atoms with van der Waals surface area (Å²) in [6, 6.07) is 10.9. The summed E-state index contributed by atoms with van der Waals surface area (Å²) in [6.07, 6.45) is 2.16. The molecular formula is C19H29IN4S. The van der Waals surface area contributed by atoms with Crippen LogP contribution in [0.4, 0.5) is 5.69 Å². The van der Waals surface area contributed by atoms with Crippen molar-refractivity contribution >= 4 is 47.0 Å². The Morgan fingerprint density at radius 2 is 1.84 bits per heavy atom. The van der Waals surface area contributed by atoms with Gasteiger partial charge in [0.1, 0.15) is 0 Å². The topological polar surface area (TPSA) is 39.7 Å². The van der Waals surface area contributed by atoms with Crippen molar-refractivity contribution in [3.8, 4) is 0 Å². The van der Waals surface area contributed by atoms with Gasteiger partial charge in [-0.2, -0.15) is 11.3 Å². The highest BCUT2D eigenvalue weighted by atomic mass is 127. The number of hydrogen-bond acceptors (Lipinski definition) is 3. The molecule has 2 rings (SSSR count). The second kappa shape index (κ2) is 12.1. The van der Waals surface area contributed by atoms with Gasteiger partial charge in [-0.25, -0.2) is 4.99 Å². The average molecular weight is 472 g/mol. The smallest absolute Gasteiger partial charge is 0.191 e. The van der Waals surface area contributed by atoms with Gasteiger partial charge in [-0.1, -0.05) is 12.1 Å². The Labute approximate surface area is 172 Å². The molecule has 0 fully saturated rings. The number of halogens is 1. The number of anilines is 1. The zero-order chi connectivity index (χ0) is 17.2. The highest BCUT2D eigenvalue weighted by molar-refractivity contribution is 14.0. The molecule has 0 bridgehead atoms. The summed E-state index contributed by atoms with van der Waals surface area (Å²) in [6.45, 7) is 4.62. The van der Waals surface area contributed by atoms with E-state index < -0.39 is 0 Å². The second-order valence-electron chi connectivity index (χ2n) is 5.92. The van der Waals surface area contributed by atoms with Crippen LogP contribution >= 0.6 is 35.3 Å². The molecule has 0 saturated carbocycles. The number of hydrogen-bond donors (Lipinski definition) is 2. The minimum atomic E-state index is 0. The molecule has 4 nitrogen and oxygen atoms in total. The molecule has 0 amide bonds. The van der Waals surface area contributed by atoms with E-state index in [1.807, 2.05) is 0 Å². The van der Waals surface area contributed by atoms with Crippen LogP contribution in [0.5, 0.6) is 0 Å². The van der Waals surface area contributed by atoms with Gasteiger partial charge in [0.2, 0.25) is 0 Å². The van der Waals surface area contributed by atoms with Crippen LogP contribution in [-0.4, -0.2) is 33.1 Å². The molecular weight excluding hydrogens is 443 g/mol. The van der Waals surface area contributed by atoms with Crippen molar-refractivity contribution in [3.63, 3.8) is 0 Å². The van der Waals surface area contributed by atoms with E-state index in [2.05, 4.69) is 82.6 Å².